The average Bonchev–Trinajstić information content (AvgIpc) is 2.67. The van der Waals surface area contributed by atoms with Gasteiger partial charge in [0.1, 0.15) is 0 Å². The van der Waals surface area contributed by atoms with Crippen molar-refractivity contribution >= 4 is 0 Å². The molecule has 1 saturated heterocycles. The molecule has 2 rings (SSSR count). The average molecular weight is 186 g/mol. The van der Waals surface area contributed by atoms with Crippen LogP contribution in [-0.4, -0.2) is 13.1 Å². The van der Waals surface area contributed by atoms with E-state index in [1.165, 1.54) is 11.1 Å². The summed E-state index contributed by atoms with van der Waals surface area (Å²) in [6, 6.07) is 10.9. The minimum absolute atomic E-state index is 0.137. The maximum absolute atomic E-state index is 8.96. The van der Waals surface area contributed by atoms with Crippen molar-refractivity contribution in [1.82, 2.24) is 5.32 Å². The van der Waals surface area contributed by atoms with Crippen molar-refractivity contribution in [2.75, 3.05) is 13.1 Å². The number of nitriles is 1. The number of aryl methyl sites for hydroxylation is 1. The first-order chi connectivity index (χ1) is 6.81. The van der Waals surface area contributed by atoms with E-state index in [1.54, 1.807) is 0 Å². The minimum atomic E-state index is 0.137. The summed E-state index contributed by atoms with van der Waals surface area (Å²) >= 11 is 0. The largest absolute Gasteiger partial charge is 0.315 e. The molecule has 0 aromatic heterocycles. The summed E-state index contributed by atoms with van der Waals surface area (Å²) in [6.07, 6.45) is 0. The molecule has 1 aliphatic heterocycles. The van der Waals surface area contributed by atoms with Crippen LogP contribution < -0.4 is 5.32 Å². The molecule has 1 heterocycles. The number of hydrogen-bond acceptors (Lipinski definition) is 2. The van der Waals surface area contributed by atoms with E-state index in [2.05, 4.69) is 42.6 Å². The Balaban J connectivity index is 2.23. The fourth-order valence-electron chi connectivity index (χ4n) is 1.98. The molecule has 2 atom stereocenters. The number of hydrogen-bond donors (Lipinski definition) is 1. The second-order valence-corrected chi connectivity index (χ2v) is 3.91. The second-order valence-electron chi connectivity index (χ2n) is 3.91. The topological polar surface area (TPSA) is 35.8 Å². The van der Waals surface area contributed by atoms with Crippen LogP contribution in [0.3, 0.4) is 0 Å². The molecule has 2 heteroatoms. The Bertz CT molecular complexity index is 348. The number of nitrogens with one attached hydrogen (secondary N) is 1. The summed E-state index contributed by atoms with van der Waals surface area (Å²) < 4.78 is 0. The Morgan fingerprint density at radius 2 is 2.00 bits per heavy atom. The van der Waals surface area contributed by atoms with Gasteiger partial charge in [-0.3, -0.25) is 0 Å². The van der Waals surface area contributed by atoms with Crippen molar-refractivity contribution in [1.29, 1.82) is 5.26 Å². The molecule has 1 aromatic carbocycles. The molecule has 0 bridgehead atoms. The van der Waals surface area contributed by atoms with Gasteiger partial charge < -0.3 is 5.32 Å². The van der Waals surface area contributed by atoms with Gasteiger partial charge in [0.25, 0.3) is 0 Å². The zero-order chi connectivity index (χ0) is 9.97. The third kappa shape index (κ3) is 1.64. The lowest BCUT2D eigenvalue weighted by Crippen LogP contribution is -2.08. The normalized spacial score (nSPS) is 26.0. The summed E-state index contributed by atoms with van der Waals surface area (Å²) in [6.45, 7) is 3.84. The zero-order valence-electron chi connectivity index (χ0n) is 8.33. The Labute approximate surface area is 84.6 Å². The van der Waals surface area contributed by atoms with E-state index in [1.807, 2.05) is 0 Å². The van der Waals surface area contributed by atoms with Crippen LogP contribution in [0.25, 0.3) is 0 Å². The van der Waals surface area contributed by atoms with Gasteiger partial charge in [0.15, 0.2) is 0 Å². The summed E-state index contributed by atoms with van der Waals surface area (Å²) in [5, 5.41) is 12.2. The summed E-state index contributed by atoms with van der Waals surface area (Å²) in [4.78, 5) is 0. The van der Waals surface area contributed by atoms with E-state index in [4.69, 9.17) is 5.26 Å². The molecule has 1 aliphatic rings. The second kappa shape index (κ2) is 3.81. The van der Waals surface area contributed by atoms with Crippen LogP contribution in [-0.2, 0) is 0 Å². The lowest BCUT2D eigenvalue weighted by Gasteiger charge is -2.12. The molecule has 0 aliphatic carbocycles. The van der Waals surface area contributed by atoms with Crippen LogP contribution >= 0.6 is 0 Å². The van der Waals surface area contributed by atoms with E-state index in [0.29, 0.717) is 5.92 Å². The molecular weight excluding hydrogens is 172 g/mol. The lowest BCUT2D eigenvalue weighted by molar-refractivity contribution is 0.646. The molecule has 1 aromatic rings. The van der Waals surface area contributed by atoms with E-state index in [9.17, 15) is 0 Å². The van der Waals surface area contributed by atoms with Crippen LogP contribution in [0, 0.1) is 24.2 Å². The third-order valence-corrected chi connectivity index (χ3v) is 2.89. The molecule has 2 nitrogen and oxygen atoms in total. The Kier molecular flexibility index (Phi) is 2.51. The zero-order valence-corrected chi connectivity index (χ0v) is 8.33. The maximum atomic E-state index is 8.96. The highest BCUT2D eigenvalue weighted by atomic mass is 14.9. The van der Waals surface area contributed by atoms with Crippen molar-refractivity contribution in [3.8, 4) is 6.07 Å². The van der Waals surface area contributed by atoms with E-state index in [0.717, 1.165) is 13.1 Å². The van der Waals surface area contributed by atoms with Gasteiger partial charge in [0.05, 0.1) is 12.0 Å². The molecule has 72 valence electrons. The number of benzene rings is 1. The molecule has 14 heavy (non-hydrogen) atoms. The first-order valence-corrected chi connectivity index (χ1v) is 4.98. The maximum Gasteiger partial charge on any atom is 0.0676 e. The van der Waals surface area contributed by atoms with Gasteiger partial charge in [0.2, 0.25) is 0 Å². The predicted octanol–water partition coefficient (Wildman–Crippen LogP) is 1.82. The Morgan fingerprint density at radius 1 is 1.29 bits per heavy atom. The van der Waals surface area contributed by atoms with Crippen molar-refractivity contribution in [2.45, 2.75) is 12.8 Å². The van der Waals surface area contributed by atoms with E-state index < -0.39 is 0 Å². The molecule has 0 spiro atoms. The summed E-state index contributed by atoms with van der Waals surface area (Å²) in [5.74, 6) is 0.512. The van der Waals surface area contributed by atoms with Gasteiger partial charge in [-0.2, -0.15) is 5.26 Å². The number of nitrogens with zero attached hydrogens (tertiary/aromatic N) is 1. The SMILES string of the molecule is Cc1ccc([C@@H]2CNC[C@H]2C#N)cc1. The van der Waals surface area contributed by atoms with Gasteiger partial charge >= 0.3 is 0 Å². The van der Waals surface area contributed by atoms with Crippen molar-refractivity contribution in [3.05, 3.63) is 35.4 Å². The van der Waals surface area contributed by atoms with Gasteiger partial charge in [-0.25, -0.2) is 0 Å². The van der Waals surface area contributed by atoms with Crippen molar-refractivity contribution < 1.29 is 0 Å². The minimum Gasteiger partial charge on any atom is -0.315 e. The van der Waals surface area contributed by atoms with E-state index >= 15 is 0 Å². The third-order valence-electron chi connectivity index (χ3n) is 2.89. The van der Waals surface area contributed by atoms with Crippen LogP contribution in [0.2, 0.25) is 0 Å². The molecular formula is C12H14N2. The smallest absolute Gasteiger partial charge is 0.0676 e. The highest BCUT2D eigenvalue weighted by molar-refractivity contribution is 5.27. The molecule has 1 N–H and O–H groups in total. The monoisotopic (exact) mass is 186 g/mol. The lowest BCUT2D eigenvalue weighted by atomic mass is 9.90. The highest BCUT2D eigenvalue weighted by Crippen LogP contribution is 2.27. The van der Waals surface area contributed by atoms with Gasteiger partial charge in [-0.1, -0.05) is 29.8 Å². The first kappa shape index (κ1) is 9.23. The molecule has 0 saturated carbocycles. The first-order valence-electron chi connectivity index (χ1n) is 4.98. The fraction of sp³-hybridized carbons (Fsp3) is 0.417. The summed E-state index contributed by atoms with van der Waals surface area (Å²) in [7, 11) is 0. The number of rotatable bonds is 1. The molecule has 0 amide bonds. The van der Waals surface area contributed by atoms with Crippen molar-refractivity contribution in [2.24, 2.45) is 5.92 Å². The van der Waals surface area contributed by atoms with Crippen molar-refractivity contribution in [3.63, 3.8) is 0 Å². The fourth-order valence-corrected chi connectivity index (χ4v) is 1.98. The van der Waals surface area contributed by atoms with Crippen LogP contribution in [0.15, 0.2) is 24.3 Å². The van der Waals surface area contributed by atoms with Crippen LogP contribution in [0.1, 0.15) is 17.0 Å². The quantitative estimate of drug-likeness (QED) is 0.726. The van der Waals surface area contributed by atoms with Gasteiger partial charge in [0, 0.05) is 19.0 Å². The molecule has 0 radical (unpaired) electrons. The van der Waals surface area contributed by atoms with Gasteiger partial charge in [-0.15, -0.1) is 0 Å². The molecule has 1 fully saturated rings. The van der Waals surface area contributed by atoms with Gasteiger partial charge in [-0.05, 0) is 12.5 Å². The Hall–Kier alpha value is -1.33. The molecule has 0 unspecified atom stereocenters. The standard InChI is InChI=1S/C12H14N2/c1-9-2-4-10(5-3-9)12-8-14-7-11(12)6-13/h2-5,11-12,14H,7-8H2,1H3/t11-,12+/m1/s1. The Morgan fingerprint density at radius 3 is 2.64 bits per heavy atom. The highest BCUT2D eigenvalue weighted by Gasteiger charge is 2.27. The van der Waals surface area contributed by atoms with Crippen LogP contribution in [0.5, 0.6) is 0 Å². The predicted molar refractivity (Wildman–Crippen MR) is 55.9 cm³/mol. The van der Waals surface area contributed by atoms with Crippen LogP contribution in [0.4, 0.5) is 0 Å². The summed E-state index contributed by atoms with van der Waals surface area (Å²) in [5.41, 5.74) is 2.56. The van der Waals surface area contributed by atoms with E-state index in [-0.39, 0.29) is 5.92 Å².